The molecule has 20 heavy (non-hydrogen) atoms. The van der Waals surface area contributed by atoms with E-state index in [0.717, 1.165) is 22.5 Å². The fraction of sp³-hybridized carbons (Fsp3) is 0.125. The molecule has 0 amide bonds. The van der Waals surface area contributed by atoms with Crippen LogP contribution in [0, 0.1) is 25.2 Å². The van der Waals surface area contributed by atoms with Crippen molar-refractivity contribution < 1.29 is 0 Å². The Labute approximate surface area is 122 Å². The van der Waals surface area contributed by atoms with E-state index in [4.69, 9.17) is 11.6 Å². The molecule has 0 aliphatic carbocycles. The zero-order chi connectivity index (χ0) is 14.3. The van der Waals surface area contributed by atoms with Gasteiger partial charge in [-0.25, -0.2) is 4.98 Å². The second-order valence-corrected chi connectivity index (χ2v) is 5.15. The number of benzene rings is 1. The molecule has 0 radical (unpaired) electrons. The highest BCUT2D eigenvalue weighted by Gasteiger charge is 2.15. The highest BCUT2D eigenvalue weighted by atomic mass is 35.5. The van der Waals surface area contributed by atoms with E-state index in [1.54, 1.807) is 0 Å². The number of fused-ring (bicyclic) bond motifs is 1. The third-order valence-corrected chi connectivity index (χ3v) is 3.80. The van der Waals surface area contributed by atoms with Gasteiger partial charge in [0.2, 0.25) is 0 Å². The molecule has 0 saturated carbocycles. The van der Waals surface area contributed by atoms with Crippen molar-refractivity contribution in [2.24, 2.45) is 0 Å². The minimum Gasteiger partial charge on any atom is -0.288 e. The van der Waals surface area contributed by atoms with Gasteiger partial charge < -0.3 is 0 Å². The van der Waals surface area contributed by atoms with Gasteiger partial charge in [-0.1, -0.05) is 23.7 Å². The number of aryl methyl sites for hydroxylation is 2. The summed E-state index contributed by atoms with van der Waals surface area (Å²) in [6.45, 7) is 3.91. The molecule has 4 heteroatoms. The van der Waals surface area contributed by atoms with Crippen molar-refractivity contribution in [1.29, 1.82) is 5.26 Å². The normalized spacial score (nSPS) is 10.7. The van der Waals surface area contributed by atoms with Crippen LogP contribution in [-0.4, -0.2) is 9.38 Å². The zero-order valence-corrected chi connectivity index (χ0v) is 11.9. The van der Waals surface area contributed by atoms with Crippen LogP contribution < -0.4 is 0 Å². The fourth-order valence-corrected chi connectivity index (χ4v) is 2.47. The lowest BCUT2D eigenvalue weighted by atomic mass is 10.1. The van der Waals surface area contributed by atoms with E-state index in [1.807, 2.05) is 54.6 Å². The Kier molecular flexibility index (Phi) is 2.96. The molecular weight excluding hydrogens is 270 g/mol. The molecule has 0 fully saturated rings. The van der Waals surface area contributed by atoms with Crippen molar-refractivity contribution in [3.8, 4) is 17.3 Å². The average molecular weight is 282 g/mol. The molecule has 0 aliphatic heterocycles. The van der Waals surface area contributed by atoms with Crippen molar-refractivity contribution in [1.82, 2.24) is 9.38 Å². The summed E-state index contributed by atoms with van der Waals surface area (Å²) in [6, 6.07) is 13.8. The van der Waals surface area contributed by atoms with E-state index in [-0.39, 0.29) is 0 Å². The number of nitrogens with zero attached hydrogens (tertiary/aromatic N) is 3. The molecule has 0 spiro atoms. The number of hydrogen-bond donors (Lipinski definition) is 0. The predicted octanol–water partition coefficient (Wildman–Crippen LogP) is 4.14. The number of nitriles is 1. The van der Waals surface area contributed by atoms with Crippen LogP contribution in [0.2, 0.25) is 5.02 Å². The van der Waals surface area contributed by atoms with E-state index >= 15 is 0 Å². The van der Waals surface area contributed by atoms with Gasteiger partial charge in [-0.2, -0.15) is 5.26 Å². The van der Waals surface area contributed by atoms with Crippen LogP contribution >= 0.6 is 11.6 Å². The summed E-state index contributed by atoms with van der Waals surface area (Å²) in [7, 11) is 0. The number of pyridine rings is 1. The summed E-state index contributed by atoms with van der Waals surface area (Å²) in [6.07, 6.45) is 0. The van der Waals surface area contributed by atoms with E-state index in [9.17, 15) is 5.26 Å². The maximum atomic E-state index is 9.48. The van der Waals surface area contributed by atoms with Gasteiger partial charge in [-0.3, -0.25) is 4.40 Å². The van der Waals surface area contributed by atoms with Crippen molar-refractivity contribution in [2.45, 2.75) is 13.8 Å². The summed E-state index contributed by atoms with van der Waals surface area (Å²) < 4.78 is 1.87. The quantitative estimate of drug-likeness (QED) is 0.672. The molecule has 0 unspecified atom stereocenters. The molecule has 0 saturated heterocycles. The van der Waals surface area contributed by atoms with Gasteiger partial charge in [-0.05, 0) is 43.7 Å². The fourth-order valence-electron chi connectivity index (χ4n) is 2.35. The molecule has 3 aromatic rings. The van der Waals surface area contributed by atoms with Crippen molar-refractivity contribution in [3.63, 3.8) is 0 Å². The first-order chi connectivity index (χ1) is 9.61. The molecule has 0 atom stereocenters. The first-order valence-corrected chi connectivity index (χ1v) is 6.64. The lowest BCUT2D eigenvalue weighted by molar-refractivity contribution is 1.07. The van der Waals surface area contributed by atoms with Gasteiger partial charge in [0.25, 0.3) is 0 Å². The van der Waals surface area contributed by atoms with E-state index in [2.05, 4.69) is 11.1 Å². The van der Waals surface area contributed by atoms with E-state index in [1.165, 1.54) is 0 Å². The summed E-state index contributed by atoms with van der Waals surface area (Å²) in [4.78, 5) is 4.58. The van der Waals surface area contributed by atoms with Gasteiger partial charge in [0.15, 0.2) is 5.69 Å². The second-order valence-electron chi connectivity index (χ2n) is 4.75. The van der Waals surface area contributed by atoms with Crippen molar-refractivity contribution in [3.05, 3.63) is 58.4 Å². The number of rotatable bonds is 1. The Bertz CT molecular complexity index is 856. The standard InChI is InChI=1S/C16H12ClN3/c1-10-8-12(6-7-13(10)17)16-14(9-18)20-11(2)4-3-5-15(20)19-16/h3-8H,1-2H3. The van der Waals surface area contributed by atoms with Crippen LogP contribution in [0.3, 0.4) is 0 Å². The Morgan fingerprint density at radius 3 is 2.70 bits per heavy atom. The Balaban J connectivity index is 2.34. The predicted molar refractivity (Wildman–Crippen MR) is 79.8 cm³/mol. The third-order valence-electron chi connectivity index (χ3n) is 3.38. The first-order valence-electron chi connectivity index (χ1n) is 6.26. The lowest BCUT2D eigenvalue weighted by Crippen LogP contribution is -1.93. The molecule has 0 bridgehead atoms. The minimum atomic E-state index is 0.555. The molecule has 2 heterocycles. The largest absolute Gasteiger partial charge is 0.288 e. The number of hydrogen-bond acceptors (Lipinski definition) is 2. The molecule has 98 valence electrons. The topological polar surface area (TPSA) is 41.1 Å². The zero-order valence-electron chi connectivity index (χ0n) is 11.2. The summed E-state index contributed by atoms with van der Waals surface area (Å²) in [5.74, 6) is 0. The monoisotopic (exact) mass is 281 g/mol. The average Bonchev–Trinajstić information content (AvgIpc) is 2.82. The van der Waals surface area contributed by atoms with Crippen LogP contribution in [0.1, 0.15) is 17.0 Å². The van der Waals surface area contributed by atoms with Crippen LogP contribution in [-0.2, 0) is 0 Å². The maximum Gasteiger partial charge on any atom is 0.152 e. The maximum absolute atomic E-state index is 9.48. The van der Waals surface area contributed by atoms with Gasteiger partial charge in [0.1, 0.15) is 17.4 Å². The molecule has 2 aromatic heterocycles. The minimum absolute atomic E-state index is 0.555. The molecule has 3 nitrogen and oxygen atoms in total. The smallest absolute Gasteiger partial charge is 0.152 e. The summed E-state index contributed by atoms with van der Waals surface area (Å²) in [5, 5.41) is 10.2. The van der Waals surface area contributed by atoms with Gasteiger partial charge >= 0.3 is 0 Å². The summed E-state index contributed by atoms with van der Waals surface area (Å²) in [5.41, 5.74) is 4.91. The SMILES string of the molecule is Cc1cc(-c2nc3cccc(C)n3c2C#N)ccc1Cl. The Morgan fingerprint density at radius 2 is 2.00 bits per heavy atom. The molecular formula is C16H12ClN3. The van der Waals surface area contributed by atoms with Gasteiger partial charge in [0.05, 0.1) is 0 Å². The van der Waals surface area contributed by atoms with Crippen molar-refractivity contribution in [2.75, 3.05) is 0 Å². The lowest BCUT2D eigenvalue weighted by Gasteiger charge is -2.02. The highest BCUT2D eigenvalue weighted by Crippen LogP contribution is 2.28. The number of aromatic nitrogens is 2. The molecule has 0 aliphatic rings. The molecule has 1 aromatic carbocycles. The highest BCUT2D eigenvalue weighted by molar-refractivity contribution is 6.31. The van der Waals surface area contributed by atoms with E-state index in [0.29, 0.717) is 16.4 Å². The van der Waals surface area contributed by atoms with Crippen molar-refractivity contribution >= 4 is 17.2 Å². The first kappa shape index (κ1) is 12.7. The van der Waals surface area contributed by atoms with E-state index < -0.39 is 0 Å². The molecule has 3 rings (SSSR count). The van der Waals surface area contributed by atoms with Gasteiger partial charge in [0, 0.05) is 16.3 Å². The number of halogens is 1. The van der Waals surface area contributed by atoms with Crippen LogP contribution in [0.4, 0.5) is 0 Å². The summed E-state index contributed by atoms with van der Waals surface area (Å²) >= 11 is 6.06. The molecule has 0 N–H and O–H groups in total. The Morgan fingerprint density at radius 1 is 1.20 bits per heavy atom. The second kappa shape index (κ2) is 4.66. The Hall–Kier alpha value is -2.31. The number of imidazole rings is 1. The van der Waals surface area contributed by atoms with Crippen LogP contribution in [0.15, 0.2) is 36.4 Å². The third kappa shape index (κ3) is 1.86. The van der Waals surface area contributed by atoms with Crippen LogP contribution in [0.5, 0.6) is 0 Å². The van der Waals surface area contributed by atoms with Gasteiger partial charge in [-0.15, -0.1) is 0 Å². The van der Waals surface area contributed by atoms with Crippen LogP contribution in [0.25, 0.3) is 16.9 Å².